The molecule has 6 heteroatoms. The van der Waals surface area contributed by atoms with E-state index < -0.39 is 21.1 Å². The smallest absolute Gasteiger partial charge is 0.323 e. The summed E-state index contributed by atoms with van der Waals surface area (Å²) in [4.78, 5) is 12.4. The lowest BCUT2D eigenvalue weighted by Crippen LogP contribution is -2.38. The van der Waals surface area contributed by atoms with Crippen LogP contribution in [-0.4, -0.2) is 55.5 Å². The van der Waals surface area contributed by atoms with E-state index in [2.05, 4.69) is 0 Å². The summed E-state index contributed by atoms with van der Waals surface area (Å²) in [6.07, 6.45) is 0.516. The Morgan fingerprint density at radius 2 is 2.15 bits per heavy atom. The normalized spacial score (nSPS) is 29.5. The molecule has 0 amide bonds. The molecule has 0 aromatic rings. The third-order valence-electron chi connectivity index (χ3n) is 2.16. The van der Waals surface area contributed by atoms with Gasteiger partial charge in [-0.2, -0.15) is 0 Å². The summed E-state index contributed by atoms with van der Waals surface area (Å²) < 4.78 is 22.8. The van der Waals surface area contributed by atoms with Gasteiger partial charge in [0, 0.05) is 6.54 Å². The molecular weight excluding hydrogens is 194 g/mol. The zero-order valence-corrected chi connectivity index (χ0v) is 8.25. The van der Waals surface area contributed by atoms with Crippen LogP contribution in [0.4, 0.5) is 0 Å². The molecule has 1 rings (SSSR count). The number of carboxylic acids is 1. The Morgan fingerprint density at radius 3 is 2.69 bits per heavy atom. The van der Waals surface area contributed by atoms with Gasteiger partial charge in [0.1, 0.15) is 0 Å². The Morgan fingerprint density at radius 1 is 1.54 bits per heavy atom. The number of hydrogen-bond acceptors (Lipinski definition) is 4. The molecule has 0 aromatic carbocycles. The van der Waals surface area contributed by atoms with E-state index in [1.807, 2.05) is 0 Å². The molecule has 0 aromatic heterocycles. The fraction of sp³-hybridized carbons (Fsp3) is 0.857. The van der Waals surface area contributed by atoms with Gasteiger partial charge < -0.3 is 10.0 Å². The minimum Gasteiger partial charge on any atom is -0.480 e. The molecule has 1 fully saturated rings. The first kappa shape index (κ1) is 10.5. The highest BCUT2D eigenvalue weighted by atomic mass is 32.2. The van der Waals surface area contributed by atoms with Crippen LogP contribution in [0.1, 0.15) is 6.42 Å². The quantitative estimate of drug-likeness (QED) is 0.608. The van der Waals surface area contributed by atoms with Gasteiger partial charge in [-0.25, -0.2) is 8.42 Å². The maximum Gasteiger partial charge on any atom is 0.323 e. The number of aliphatic carboxylic acids is 1. The van der Waals surface area contributed by atoms with E-state index in [1.54, 1.807) is 11.9 Å². The molecule has 0 bridgehead atoms. The number of nitrogens with zero attached hydrogens (tertiary/aromatic N) is 1. The second-order valence-corrected chi connectivity index (χ2v) is 5.61. The summed E-state index contributed by atoms with van der Waals surface area (Å²) in [7, 11) is -1.70. The Hall–Kier alpha value is -0.620. The number of rotatable bonds is 1. The fourth-order valence-electron chi connectivity index (χ4n) is 1.40. The maximum absolute atomic E-state index is 11.4. The molecule has 1 unspecified atom stereocenters. The van der Waals surface area contributed by atoms with Gasteiger partial charge >= 0.3 is 5.97 Å². The van der Waals surface area contributed by atoms with Crippen molar-refractivity contribution in [2.45, 2.75) is 11.7 Å². The molecular formula is C7H13NO4S. The molecule has 1 aliphatic heterocycles. The Bertz CT molecular complexity index is 298. The second kappa shape index (κ2) is 3.63. The topological polar surface area (TPSA) is 74.7 Å². The molecule has 1 N–H and O–H groups in total. The van der Waals surface area contributed by atoms with Gasteiger partial charge in [-0.05, 0) is 20.0 Å². The van der Waals surface area contributed by atoms with E-state index in [0.29, 0.717) is 13.0 Å². The Kier molecular flexibility index (Phi) is 2.92. The van der Waals surface area contributed by atoms with Crippen molar-refractivity contribution >= 4 is 15.8 Å². The summed E-state index contributed by atoms with van der Waals surface area (Å²) in [6, 6.07) is 0. The first-order valence-corrected chi connectivity index (χ1v) is 5.78. The minimum atomic E-state index is -3.43. The maximum atomic E-state index is 11.4. The Labute approximate surface area is 77.3 Å². The van der Waals surface area contributed by atoms with E-state index in [0.717, 1.165) is 0 Å². The summed E-state index contributed by atoms with van der Waals surface area (Å²) in [5.41, 5.74) is 0. The van der Waals surface area contributed by atoms with E-state index >= 15 is 0 Å². The number of hydrogen-bond donors (Lipinski definition) is 1. The first-order valence-electron chi connectivity index (χ1n) is 4.06. The number of carboxylic acid groups (broad SMARTS) is 1. The first-order chi connectivity index (χ1) is 5.93. The average Bonchev–Trinajstić information content (AvgIpc) is 2.10. The van der Waals surface area contributed by atoms with Gasteiger partial charge in [-0.15, -0.1) is 0 Å². The van der Waals surface area contributed by atoms with Crippen molar-refractivity contribution in [1.29, 1.82) is 0 Å². The highest BCUT2D eigenvalue weighted by Gasteiger charge is 2.35. The molecule has 13 heavy (non-hydrogen) atoms. The molecule has 0 radical (unpaired) electrons. The lowest BCUT2D eigenvalue weighted by molar-refractivity contribution is -0.136. The van der Waals surface area contributed by atoms with Crippen LogP contribution in [0, 0.1) is 0 Å². The molecule has 5 nitrogen and oxygen atoms in total. The second-order valence-electron chi connectivity index (χ2n) is 3.31. The van der Waals surface area contributed by atoms with Crippen molar-refractivity contribution in [2.75, 3.05) is 25.9 Å². The van der Waals surface area contributed by atoms with Crippen LogP contribution in [0.5, 0.6) is 0 Å². The summed E-state index contributed by atoms with van der Waals surface area (Å²) in [6.45, 7) is 0.737. The third-order valence-corrected chi connectivity index (χ3v) is 4.23. The molecule has 76 valence electrons. The molecule has 1 saturated heterocycles. The fourth-order valence-corrected chi connectivity index (χ4v) is 3.00. The van der Waals surface area contributed by atoms with E-state index in [4.69, 9.17) is 5.11 Å². The number of sulfone groups is 1. The van der Waals surface area contributed by atoms with Crippen molar-refractivity contribution in [3.05, 3.63) is 0 Å². The molecule has 1 aliphatic rings. The molecule has 0 spiro atoms. The van der Waals surface area contributed by atoms with Gasteiger partial charge in [0.2, 0.25) is 0 Å². The van der Waals surface area contributed by atoms with Gasteiger partial charge in [0.05, 0.1) is 5.75 Å². The zero-order valence-electron chi connectivity index (χ0n) is 7.43. The number of carbonyl (C=O) groups is 1. The predicted molar refractivity (Wildman–Crippen MR) is 47.3 cm³/mol. The summed E-state index contributed by atoms with van der Waals surface area (Å²) in [5.74, 6) is -1.26. The van der Waals surface area contributed by atoms with Crippen LogP contribution in [0.2, 0.25) is 0 Å². The monoisotopic (exact) mass is 207 g/mol. The van der Waals surface area contributed by atoms with Crippen LogP contribution in [-0.2, 0) is 14.6 Å². The van der Waals surface area contributed by atoms with Crippen LogP contribution in [0.25, 0.3) is 0 Å². The van der Waals surface area contributed by atoms with E-state index in [1.165, 1.54) is 0 Å². The molecule has 1 atom stereocenters. The lowest BCUT2D eigenvalue weighted by atomic mass is 10.3. The van der Waals surface area contributed by atoms with Crippen LogP contribution < -0.4 is 0 Å². The lowest BCUT2D eigenvalue weighted by Gasteiger charge is -2.15. The SMILES string of the molecule is CN1CCCS(=O)(=O)C(C(=O)O)C1. The van der Waals surface area contributed by atoms with Crippen LogP contribution in [0.15, 0.2) is 0 Å². The van der Waals surface area contributed by atoms with Crippen molar-refractivity contribution < 1.29 is 18.3 Å². The summed E-state index contributed by atoms with van der Waals surface area (Å²) >= 11 is 0. The minimum absolute atomic E-state index is 0.0195. The highest BCUT2D eigenvalue weighted by molar-refractivity contribution is 7.92. The van der Waals surface area contributed by atoms with Gasteiger partial charge in [0.25, 0.3) is 0 Å². The van der Waals surface area contributed by atoms with Crippen molar-refractivity contribution in [3.63, 3.8) is 0 Å². The van der Waals surface area contributed by atoms with Crippen molar-refractivity contribution in [1.82, 2.24) is 4.90 Å². The van der Waals surface area contributed by atoms with Gasteiger partial charge in [-0.1, -0.05) is 0 Å². The van der Waals surface area contributed by atoms with Gasteiger partial charge in [-0.3, -0.25) is 4.79 Å². The van der Waals surface area contributed by atoms with Crippen molar-refractivity contribution in [3.8, 4) is 0 Å². The molecule has 1 heterocycles. The average molecular weight is 207 g/mol. The largest absolute Gasteiger partial charge is 0.480 e. The standard InChI is InChI=1S/C7H13NO4S/c1-8-3-2-4-13(11,12)6(5-8)7(9)10/h6H,2-5H2,1H3,(H,9,10). The van der Waals surface area contributed by atoms with Crippen molar-refractivity contribution in [2.24, 2.45) is 0 Å². The highest BCUT2D eigenvalue weighted by Crippen LogP contribution is 2.11. The summed E-state index contributed by atoms with van der Waals surface area (Å²) in [5, 5.41) is 7.46. The van der Waals surface area contributed by atoms with E-state index in [-0.39, 0.29) is 12.3 Å². The Balaban J connectivity index is 2.92. The van der Waals surface area contributed by atoms with E-state index in [9.17, 15) is 13.2 Å². The molecule has 0 aliphatic carbocycles. The predicted octanol–water partition coefficient (Wildman–Crippen LogP) is -0.810. The van der Waals surface area contributed by atoms with Crippen LogP contribution in [0.3, 0.4) is 0 Å². The third kappa shape index (κ3) is 2.41. The van der Waals surface area contributed by atoms with Crippen LogP contribution >= 0.6 is 0 Å². The van der Waals surface area contributed by atoms with Gasteiger partial charge in [0.15, 0.2) is 15.1 Å². The zero-order chi connectivity index (χ0) is 10.1. The molecule has 0 saturated carbocycles.